The van der Waals surface area contributed by atoms with Crippen molar-refractivity contribution in [3.05, 3.63) is 39.3 Å². The number of benzene rings is 1. The third-order valence-corrected chi connectivity index (χ3v) is 4.59. The number of amides is 2. The largest absolute Gasteiger partial charge is 0.324 e. The van der Waals surface area contributed by atoms with E-state index in [4.69, 9.17) is 0 Å². The van der Waals surface area contributed by atoms with Gasteiger partial charge in [0.2, 0.25) is 5.91 Å². The molecule has 0 fully saturated rings. The molecule has 0 spiro atoms. The summed E-state index contributed by atoms with van der Waals surface area (Å²) in [6.07, 6.45) is 0. The molecule has 0 atom stereocenters. The van der Waals surface area contributed by atoms with Crippen molar-refractivity contribution in [1.29, 1.82) is 0 Å². The summed E-state index contributed by atoms with van der Waals surface area (Å²) in [5.41, 5.74) is 0.123. The minimum atomic E-state index is -0.929. The summed E-state index contributed by atoms with van der Waals surface area (Å²) < 4.78 is 27.5. The van der Waals surface area contributed by atoms with Crippen LogP contribution < -0.4 is 10.6 Å². The Labute approximate surface area is 142 Å². The zero-order valence-electron chi connectivity index (χ0n) is 13.7. The average molecular weight is 353 g/mol. The summed E-state index contributed by atoms with van der Waals surface area (Å²) >= 11 is 1.23. The highest BCUT2D eigenvalue weighted by atomic mass is 32.1. The van der Waals surface area contributed by atoms with E-state index in [-0.39, 0.29) is 17.3 Å². The van der Waals surface area contributed by atoms with Crippen LogP contribution in [0, 0.1) is 18.6 Å². The summed E-state index contributed by atoms with van der Waals surface area (Å²) in [5, 5.41) is 5.44. The Morgan fingerprint density at radius 1 is 1.12 bits per heavy atom. The molecule has 2 rings (SSSR count). The quantitative estimate of drug-likeness (QED) is 0.871. The summed E-state index contributed by atoms with van der Waals surface area (Å²) in [6.45, 7) is 6.81. The van der Waals surface area contributed by atoms with Crippen molar-refractivity contribution in [1.82, 2.24) is 4.98 Å². The van der Waals surface area contributed by atoms with Gasteiger partial charge in [0.15, 0.2) is 0 Å². The number of halogens is 2. The second-order valence-electron chi connectivity index (χ2n) is 5.57. The summed E-state index contributed by atoms with van der Waals surface area (Å²) in [4.78, 5) is 28.1. The molecule has 0 aliphatic carbocycles. The number of carbonyl (C=O) groups is 2. The lowest BCUT2D eigenvalue weighted by Crippen LogP contribution is -2.14. The first-order chi connectivity index (χ1) is 11.2. The number of aromatic nitrogens is 1. The van der Waals surface area contributed by atoms with Crippen LogP contribution >= 0.6 is 11.3 Å². The van der Waals surface area contributed by atoms with E-state index in [1.54, 1.807) is 6.92 Å². The molecule has 0 saturated carbocycles. The van der Waals surface area contributed by atoms with Crippen molar-refractivity contribution in [2.45, 2.75) is 33.6 Å². The van der Waals surface area contributed by atoms with E-state index in [1.807, 2.05) is 13.8 Å². The Balaban J connectivity index is 2.30. The van der Waals surface area contributed by atoms with Gasteiger partial charge in [-0.15, -0.1) is 11.3 Å². The number of aryl methyl sites for hydroxylation is 1. The third-order valence-electron chi connectivity index (χ3n) is 3.13. The molecule has 2 amide bonds. The van der Waals surface area contributed by atoms with Gasteiger partial charge in [-0.25, -0.2) is 13.8 Å². The molecule has 0 saturated heterocycles. The molecule has 128 valence electrons. The topological polar surface area (TPSA) is 71.1 Å². The maximum Gasteiger partial charge on any atom is 0.267 e. The van der Waals surface area contributed by atoms with E-state index in [1.165, 1.54) is 18.3 Å². The van der Waals surface area contributed by atoms with Crippen molar-refractivity contribution in [2.24, 2.45) is 0 Å². The minimum Gasteiger partial charge on any atom is -0.324 e. The Morgan fingerprint density at radius 2 is 1.71 bits per heavy atom. The number of anilines is 2. The van der Waals surface area contributed by atoms with Gasteiger partial charge in [0.25, 0.3) is 5.91 Å². The molecule has 5 nitrogen and oxygen atoms in total. The van der Waals surface area contributed by atoms with Crippen LogP contribution in [0.2, 0.25) is 0 Å². The van der Waals surface area contributed by atoms with Gasteiger partial charge in [-0.05, 0) is 13.0 Å². The Hall–Kier alpha value is -2.35. The van der Waals surface area contributed by atoms with E-state index in [9.17, 15) is 18.4 Å². The Morgan fingerprint density at radius 3 is 2.21 bits per heavy atom. The van der Waals surface area contributed by atoms with Crippen molar-refractivity contribution in [3.8, 4) is 0 Å². The van der Waals surface area contributed by atoms with Gasteiger partial charge in [0.05, 0.1) is 22.1 Å². The van der Waals surface area contributed by atoms with Crippen LogP contribution in [0.25, 0.3) is 0 Å². The Kier molecular flexibility index (Phi) is 5.28. The maximum absolute atomic E-state index is 13.9. The highest BCUT2D eigenvalue weighted by Crippen LogP contribution is 2.27. The Bertz CT molecular complexity index is 803. The second-order valence-corrected chi connectivity index (χ2v) is 6.60. The fourth-order valence-corrected chi connectivity index (χ4v) is 2.95. The van der Waals surface area contributed by atoms with Crippen LogP contribution in [0.15, 0.2) is 12.1 Å². The number of nitrogens with zero attached hydrogens (tertiary/aromatic N) is 1. The van der Waals surface area contributed by atoms with Crippen LogP contribution in [0.1, 0.15) is 47.1 Å². The molecule has 1 aromatic carbocycles. The smallest absolute Gasteiger partial charge is 0.267 e. The molecular formula is C16H17F2N3O2S. The number of rotatable bonds is 4. The molecule has 1 aromatic heterocycles. The normalized spacial score (nSPS) is 10.8. The molecule has 24 heavy (non-hydrogen) atoms. The van der Waals surface area contributed by atoms with Crippen LogP contribution in [0.3, 0.4) is 0 Å². The summed E-state index contributed by atoms with van der Waals surface area (Å²) in [5.74, 6) is -2.71. The molecule has 0 bridgehead atoms. The average Bonchev–Trinajstić information content (AvgIpc) is 2.86. The fraction of sp³-hybridized carbons (Fsp3) is 0.312. The van der Waals surface area contributed by atoms with E-state index in [0.717, 1.165) is 11.1 Å². The first-order valence-electron chi connectivity index (χ1n) is 7.24. The third kappa shape index (κ3) is 3.94. The molecule has 1 heterocycles. The molecule has 2 N–H and O–H groups in total. The second kappa shape index (κ2) is 7.04. The SMILES string of the molecule is CC(=O)Nc1cc(NC(=O)c2sc(C(C)C)nc2C)c(F)cc1F. The number of thiazole rings is 1. The number of nitrogens with one attached hydrogen (secondary N) is 2. The van der Waals surface area contributed by atoms with Crippen LogP contribution in [-0.2, 0) is 4.79 Å². The van der Waals surface area contributed by atoms with Crippen molar-refractivity contribution >= 4 is 34.5 Å². The van der Waals surface area contributed by atoms with Crippen LogP contribution in [0.4, 0.5) is 20.2 Å². The van der Waals surface area contributed by atoms with E-state index in [0.29, 0.717) is 16.6 Å². The predicted molar refractivity (Wildman–Crippen MR) is 89.6 cm³/mol. The van der Waals surface area contributed by atoms with Gasteiger partial charge in [-0.2, -0.15) is 0 Å². The van der Waals surface area contributed by atoms with Crippen molar-refractivity contribution < 1.29 is 18.4 Å². The fourth-order valence-electron chi connectivity index (χ4n) is 1.98. The summed E-state index contributed by atoms with van der Waals surface area (Å²) in [7, 11) is 0. The highest BCUT2D eigenvalue weighted by Gasteiger charge is 2.19. The molecule has 0 aliphatic heterocycles. The van der Waals surface area contributed by atoms with Gasteiger partial charge in [-0.3, -0.25) is 9.59 Å². The first kappa shape index (κ1) is 18.0. The van der Waals surface area contributed by atoms with Gasteiger partial charge in [0, 0.05) is 18.9 Å². The van der Waals surface area contributed by atoms with Gasteiger partial charge in [-0.1, -0.05) is 13.8 Å². The zero-order valence-corrected chi connectivity index (χ0v) is 14.5. The van der Waals surface area contributed by atoms with Crippen LogP contribution in [-0.4, -0.2) is 16.8 Å². The van der Waals surface area contributed by atoms with Gasteiger partial charge in [0.1, 0.15) is 16.5 Å². The molecule has 0 unspecified atom stereocenters. The zero-order chi connectivity index (χ0) is 18.0. The highest BCUT2D eigenvalue weighted by molar-refractivity contribution is 7.14. The van der Waals surface area contributed by atoms with Crippen molar-refractivity contribution in [2.75, 3.05) is 10.6 Å². The lowest BCUT2D eigenvalue weighted by molar-refractivity contribution is -0.114. The standard InChI is InChI=1S/C16H17F2N3O2S/c1-7(2)16-19-8(3)14(24-16)15(23)21-13-6-12(20-9(4)22)10(17)5-11(13)18/h5-7H,1-4H3,(H,20,22)(H,21,23). The lowest BCUT2D eigenvalue weighted by Gasteiger charge is -2.10. The summed E-state index contributed by atoms with van der Waals surface area (Å²) in [6, 6.07) is 1.66. The minimum absolute atomic E-state index is 0.171. The van der Waals surface area contributed by atoms with Crippen molar-refractivity contribution in [3.63, 3.8) is 0 Å². The van der Waals surface area contributed by atoms with Crippen LogP contribution in [0.5, 0.6) is 0 Å². The van der Waals surface area contributed by atoms with E-state index >= 15 is 0 Å². The molecule has 0 radical (unpaired) electrons. The predicted octanol–water partition coefficient (Wildman–Crippen LogP) is 4.06. The van der Waals surface area contributed by atoms with E-state index < -0.39 is 23.4 Å². The number of carbonyl (C=O) groups excluding carboxylic acids is 2. The molecule has 8 heteroatoms. The molecule has 2 aromatic rings. The van der Waals surface area contributed by atoms with Gasteiger partial charge >= 0.3 is 0 Å². The lowest BCUT2D eigenvalue weighted by atomic mass is 10.2. The van der Waals surface area contributed by atoms with E-state index in [2.05, 4.69) is 15.6 Å². The maximum atomic E-state index is 13.9. The van der Waals surface area contributed by atoms with Gasteiger partial charge < -0.3 is 10.6 Å². The number of hydrogen-bond donors (Lipinski definition) is 2. The molecule has 0 aliphatic rings. The molecular weight excluding hydrogens is 336 g/mol. The monoisotopic (exact) mass is 353 g/mol. The first-order valence-corrected chi connectivity index (χ1v) is 8.06. The number of hydrogen-bond acceptors (Lipinski definition) is 4.